The van der Waals surface area contributed by atoms with Gasteiger partial charge in [-0.2, -0.15) is 0 Å². The second kappa shape index (κ2) is 9.06. The number of amides is 2. The second-order valence-electron chi connectivity index (χ2n) is 9.39. The number of fused-ring (bicyclic) bond motifs is 1. The Balaban J connectivity index is 1.78. The average molecular weight is 444 g/mol. The molecule has 0 saturated carbocycles. The summed E-state index contributed by atoms with van der Waals surface area (Å²) in [6, 6.07) is 17.1. The minimum Gasteiger partial charge on any atom is -0.483 e. The molecule has 1 aromatic heterocycles. The van der Waals surface area contributed by atoms with Crippen LogP contribution < -0.4 is 10.1 Å². The number of carbonyl (C=O) groups is 2. The van der Waals surface area contributed by atoms with Crippen molar-refractivity contribution >= 4 is 11.8 Å². The van der Waals surface area contributed by atoms with E-state index in [0.717, 1.165) is 22.3 Å². The molecule has 3 aromatic rings. The van der Waals surface area contributed by atoms with E-state index in [1.165, 1.54) is 0 Å². The van der Waals surface area contributed by atoms with Gasteiger partial charge in [0.1, 0.15) is 11.8 Å². The Hall–Kier alpha value is -3.67. The lowest BCUT2D eigenvalue weighted by atomic mass is 9.96. The van der Waals surface area contributed by atoms with Crippen LogP contribution in [0.4, 0.5) is 0 Å². The Bertz CT molecular complexity index is 1180. The summed E-state index contributed by atoms with van der Waals surface area (Å²) in [6.07, 6.45) is 3.21. The topological polar surface area (TPSA) is 71.5 Å². The Kier molecular flexibility index (Phi) is 6.18. The number of nitrogens with one attached hydrogen (secondary N) is 1. The third kappa shape index (κ3) is 5.06. The van der Waals surface area contributed by atoms with Crippen LogP contribution in [0.1, 0.15) is 43.5 Å². The van der Waals surface area contributed by atoms with Crippen molar-refractivity contribution in [3.8, 4) is 16.9 Å². The zero-order valence-corrected chi connectivity index (χ0v) is 19.5. The monoisotopic (exact) mass is 443 g/mol. The maximum absolute atomic E-state index is 13.5. The van der Waals surface area contributed by atoms with E-state index in [-0.39, 0.29) is 25.0 Å². The number of ether oxygens (including phenoxy) is 1. The largest absolute Gasteiger partial charge is 0.483 e. The van der Waals surface area contributed by atoms with Gasteiger partial charge in [-0.05, 0) is 50.5 Å². The first kappa shape index (κ1) is 22.5. The van der Waals surface area contributed by atoms with E-state index in [1.807, 2.05) is 51.1 Å². The van der Waals surface area contributed by atoms with Crippen molar-refractivity contribution in [1.29, 1.82) is 0 Å². The van der Waals surface area contributed by atoms with Crippen molar-refractivity contribution in [1.82, 2.24) is 15.2 Å². The third-order valence-corrected chi connectivity index (χ3v) is 5.52. The fourth-order valence-electron chi connectivity index (χ4n) is 4.10. The van der Waals surface area contributed by atoms with Gasteiger partial charge >= 0.3 is 0 Å². The zero-order valence-electron chi connectivity index (χ0n) is 19.5. The van der Waals surface area contributed by atoms with Crippen LogP contribution in [0.3, 0.4) is 0 Å². The van der Waals surface area contributed by atoms with Crippen molar-refractivity contribution in [3.05, 3.63) is 83.7 Å². The van der Waals surface area contributed by atoms with Gasteiger partial charge in [0.15, 0.2) is 6.61 Å². The van der Waals surface area contributed by atoms with Crippen LogP contribution in [0.15, 0.2) is 67.0 Å². The molecule has 4 rings (SSSR count). The van der Waals surface area contributed by atoms with Crippen LogP contribution in [-0.4, -0.2) is 33.8 Å². The highest BCUT2D eigenvalue weighted by molar-refractivity contribution is 5.91. The number of aromatic nitrogens is 1. The molecule has 6 heteroatoms. The number of carbonyl (C=O) groups excluding carboxylic acids is 2. The molecule has 0 spiro atoms. The van der Waals surface area contributed by atoms with Gasteiger partial charge in [-0.25, -0.2) is 0 Å². The van der Waals surface area contributed by atoms with Crippen molar-refractivity contribution in [2.45, 2.75) is 45.8 Å². The first-order valence-electron chi connectivity index (χ1n) is 11.1. The van der Waals surface area contributed by atoms with Crippen molar-refractivity contribution < 1.29 is 14.3 Å². The van der Waals surface area contributed by atoms with Crippen molar-refractivity contribution in [3.63, 3.8) is 0 Å². The van der Waals surface area contributed by atoms with Gasteiger partial charge in [-0.3, -0.25) is 14.6 Å². The predicted octanol–water partition coefficient (Wildman–Crippen LogP) is 4.43. The van der Waals surface area contributed by atoms with Crippen molar-refractivity contribution in [2.24, 2.45) is 0 Å². The molecular weight excluding hydrogens is 414 g/mol. The maximum Gasteiger partial charge on any atom is 0.261 e. The number of rotatable bonds is 4. The number of hydrogen-bond donors (Lipinski definition) is 1. The molecule has 1 unspecified atom stereocenters. The number of pyridine rings is 1. The highest BCUT2D eigenvalue weighted by Crippen LogP contribution is 2.35. The quantitative estimate of drug-likeness (QED) is 0.647. The van der Waals surface area contributed by atoms with Gasteiger partial charge in [0.2, 0.25) is 5.91 Å². The molecular formula is C27H29N3O3. The predicted molar refractivity (Wildman–Crippen MR) is 128 cm³/mol. The summed E-state index contributed by atoms with van der Waals surface area (Å²) in [6.45, 7) is 7.94. The Morgan fingerprint density at radius 1 is 1.15 bits per heavy atom. The van der Waals surface area contributed by atoms with Crippen LogP contribution in [0.2, 0.25) is 0 Å². The molecule has 0 saturated heterocycles. The zero-order chi connectivity index (χ0) is 23.6. The van der Waals surface area contributed by atoms with Crippen LogP contribution in [0, 0.1) is 6.92 Å². The van der Waals surface area contributed by atoms with Crippen LogP contribution in [0.25, 0.3) is 11.1 Å². The molecule has 2 heterocycles. The van der Waals surface area contributed by atoms with E-state index >= 15 is 0 Å². The summed E-state index contributed by atoms with van der Waals surface area (Å²) in [5.74, 6) is -0.00943. The molecule has 170 valence electrons. The molecule has 0 radical (unpaired) electrons. The first-order chi connectivity index (χ1) is 15.7. The van der Waals surface area contributed by atoms with Gasteiger partial charge in [0, 0.05) is 30.0 Å². The van der Waals surface area contributed by atoms with E-state index in [0.29, 0.717) is 11.3 Å². The van der Waals surface area contributed by atoms with Gasteiger partial charge < -0.3 is 15.0 Å². The van der Waals surface area contributed by atoms with E-state index in [1.54, 1.807) is 23.4 Å². The molecule has 2 aromatic carbocycles. The van der Waals surface area contributed by atoms with Crippen LogP contribution in [0.5, 0.6) is 5.75 Å². The smallest absolute Gasteiger partial charge is 0.261 e. The number of benzene rings is 2. The normalized spacial score (nSPS) is 15.9. The lowest BCUT2D eigenvalue weighted by Gasteiger charge is -2.32. The molecule has 33 heavy (non-hydrogen) atoms. The molecule has 0 fully saturated rings. The summed E-state index contributed by atoms with van der Waals surface area (Å²) in [7, 11) is 0. The summed E-state index contributed by atoms with van der Waals surface area (Å²) in [4.78, 5) is 32.6. The van der Waals surface area contributed by atoms with E-state index < -0.39 is 11.6 Å². The summed E-state index contributed by atoms with van der Waals surface area (Å²) in [5.41, 5.74) is 4.34. The van der Waals surface area contributed by atoms with Gasteiger partial charge in [0.25, 0.3) is 5.91 Å². The standard InChI is InChI=1S/C27H29N3O3/c1-18-8-7-10-19(14-18)21-11-6-5-9-20(21)16-30-24(31)17-33-23-12-13-28-15-22(23)25(30)26(32)29-27(2,3)4/h5-15,25H,16-17H2,1-4H3,(H,29,32). The highest BCUT2D eigenvalue weighted by Gasteiger charge is 2.38. The summed E-state index contributed by atoms with van der Waals surface area (Å²) >= 11 is 0. The molecule has 0 aliphatic carbocycles. The minimum absolute atomic E-state index is 0.136. The van der Waals surface area contributed by atoms with Gasteiger partial charge in [-0.1, -0.05) is 54.1 Å². The maximum atomic E-state index is 13.5. The Morgan fingerprint density at radius 2 is 1.94 bits per heavy atom. The Labute approximate surface area is 194 Å². The van der Waals surface area contributed by atoms with Gasteiger partial charge in [0.05, 0.1) is 0 Å². The number of aryl methyl sites for hydroxylation is 1. The number of nitrogens with zero attached hydrogens (tertiary/aromatic N) is 2. The lowest BCUT2D eigenvalue weighted by Crippen LogP contribution is -2.49. The SMILES string of the molecule is Cc1cccc(-c2ccccc2CN2C(=O)COc3ccncc3C2C(=O)NC(C)(C)C)c1. The van der Waals surface area contributed by atoms with E-state index in [9.17, 15) is 9.59 Å². The third-order valence-electron chi connectivity index (χ3n) is 5.52. The Morgan fingerprint density at radius 3 is 2.70 bits per heavy atom. The minimum atomic E-state index is -0.853. The fraction of sp³-hybridized carbons (Fsp3) is 0.296. The fourth-order valence-corrected chi connectivity index (χ4v) is 4.10. The number of hydrogen-bond acceptors (Lipinski definition) is 4. The van der Waals surface area contributed by atoms with Crippen molar-refractivity contribution in [2.75, 3.05) is 6.61 Å². The van der Waals surface area contributed by atoms with Crippen LogP contribution >= 0.6 is 0 Å². The van der Waals surface area contributed by atoms with E-state index in [2.05, 4.69) is 35.4 Å². The van der Waals surface area contributed by atoms with E-state index in [4.69, 9.17) is 4.74 Å². The molecule has 1 N–H and O–H groups in total. The molecule has 1 atom stereocenters. The molecule has 2 amide bonds. The second-order valence-corrected chi connectivity index (χ2v) is 9.39. The molecule has 1 aliphatic rings. The molecule has 1 aliphatic heterocycles. The highest BCUT2D eigenvalue weighted by atomic mass is 16.5. The lowest BCUT2D eigenvalue weighted by molar-refractivity contribution is -0.142. The van der Waals surface area contributed by atoms with Gasteiger partial charge in [-0.15, -0.1) is 0 Å². The van der Waals surface area contributed by atoms with Crippen LogP contribution in [-0.2, 0) is 16.1 Å². The molecule has 6 nitrogen and oxygen atoms in total. The summed E-state index contributed by atoms with van der Waals surface area (Å²) < 4.78 is 5.76. The summed E-state index contributed by atoms with van der Waals surface area (Å²) in [5, 5.41) is 3.03. The average Bonchev–Trinajstić information content (AvgIpc) is 2.90. The molecule has 0 bridgehead atoms. The first-order valence-corrected chi connectivity index (χ1v) is 11.1.